The zero-order valence-corrected chi connectivity index (χ0v) is 15.1. The Morgan fingerprint density at radius 2 is 1.38 bits per heavy atom. The molecular formula is C13H28NO4PS2. The lowest BCUT2D eigenvalue weighted by Crippen LogP contribution is -2.17. The Hall–Kier alpha value is 0.350. The number of thiol groups is 1. The second-order valence-corrected chi connectivity index (χ2v) is 7.49. The highest BCUT2D eigenvalue weighted by molar-refractivity contribution is 8.11. The third kappa shape index (κ3) is 20.4. The van der Waals surface area contributed by atoms with Crippen molar-refractivity contribution in [1.29, 1.82) is 0 Å². The first kappa shape index (κ1) is 21.4. The summed E-state index contributed by atoms with van der Waals surface area (Å²) in [5.41, 5.74) is 0. The van der Waals surface area contributed by atoms with E-state index in [9.17, 15) is 4.57 Å². The molecule has 0 saturated heterocycles. The number of hydrogen-bond donors (Lipinski definition) is 4. The Labute approximate surface area is 138 Å². The minimum Gasteiger partial charge on any atom is -0.371 e. The lowest BCUT2D eigenvalue weighted by atomic mass is 10.1. The van der Waals surface area contributed by atoms with Gasteiger partial charge < -0.3 is 15.1 Å². The molecule has 0 saturated carbocycles. The molecule has 0 aliphatic heterocycles. The molecule has 0 atom stereocenters. The van der Waals surface area contributed by atoms with Crippen LogP contribution in [0, 0.1) is 0 Å². The van der Waals surface area contributed by atoms with Crippen LogP contribution < -0.4 is 5.32 Å². The first-order valence-corrected chi connectivity index (χ1v) is 9.97. The van der Waals surface area contributed by atoms with Crippen LogP contribution >= 0.6 is 32.7 Å². The predicted molar refractivity (Wildman–Crippen MR) is 93.8 cm³/mol. The predicted octanol–water partition coefficient (Wildman–Crippen LogP) is 3.80. The minimum atomic E-state index is -4.27. The Kier molecular flexibility index (Phi) is 14.2. The average molecular weight is 357 g/mol. The van der Waals surface area contributed by atoms with Crippen molar-refractivity contribution in [2.24, 2.45) is 0 Å². The number of rotatable bonds is 14. The van der Waals surface area contributed by atoms with Crippen LogP contribution in [-0.4, -0.2) is 27.3 Å². The lowest BCUT2D eigenvalue weighted by Gasteiger charge is -2.05. The Morgan fingerprint density at radius 3 is 1.81 bits per heavy atom. The SMILES string of the molecule is O=P(O)(O)OCCCCCCCCCCCCNC(=S)S. The number of phosphoric acid groups is 1. The molecule has 0 aromatic heterocycles. The van der Waals surface area contributed by atoms with Gasteiger partial charge in [-0.25, -0.2) is 4.57 Å². The largest absolute Gasteiger partial charge is 0.469 e. The van der Waals surface area contributed by atoms with Gasteiger partial charge >= 0.3 is 7.82 Å². The Bertz CT molecular complexity index is 313. The van der Waals surface area contributed by atoms with Crippen LogP contribution in [0.3, 0.4) is 0 Å². The number of nitrogens with one attached hydrogen (secondary N) is 1. The smallest absolute Gasteiger partial charge is 0.371 e. The summed E-state index contributed by atoms with van der Waals surface area (Å²) < 4.78 is 15.4. The van der Waals surface area contributed by atoms with Gasteiger partial charge in [-0.1, -0.05) is 63.6 Å². The maximum Gasteiger partial charge on any atom is 0.469 e. The monoisotopic (exact) mass is 357 g/mol. The third-order valence-corrected chi connectivity index (χ3v) is 3.93. The van der Waals surface area contributed by atoms with E-state index in [0.717, 1.165) is 25.8 Å². The molecule has 21 heavy (non-hydrogen) atoms. The maximum absolute atomic E-state index is 10.4. The highest BCUT2D eigenvalue weighted by Gasteiger charge is 2.12. The van der Waals surface area contributed by atoms with Crippen molar-refractivity contribution in [2.75, 3.05) is 13.2 Å². The van der Waals surface area contributed by atoms with Crippen molar-refractivity contribution in [1.82, 2.24) is 5.32 Å². The summed E-state index contributed by atoms with van der Waals surface area (Å²) >= 11 is 8.80. The van der Waals surface area contributed by atoms with Gasteiger partial charge in [0.25, 0.3) is 0 Å². The third-order valence-electron chi connectivity index (χ3n) is 3.11. The molecule has 0 aliphatic carbocycles. The van der Waals surface area contributed by atoms with Gasteiger partial charge in [0.15, 0.2) is 0 Å². The molecule has 5 nitrogen and oxygen atoms in total. The van der Waals surface area contributed by atoms with E-state index in [2.05, 4.69) is 22.5 Å². The molecule has 0 aromatic carbocycles. The highest BCUT2D eigenvalue weighted by Crippen LogP contribution is 2.35. The Morgan fingerprint density at radius 1 is 0.952 bits per heavy atom. The highest BCUT2D eigenvalue weighted by atomic mass is 32.1. The number of unbranched alkanes of at least 4 members (excludes halogenated alkanes) is 9. The van der Waals surface area contributed by atoms with Gasteiger partial charge in [-0.3, -0.25) is 4.52 Å². The maximum atomic E-state index is 10.4. The molecular weight excluding hydrogens is 329 g/mol. The van der Waals surface area contributed by atoms with E-state index in [1.807, 2.05) is 0 Å². The van der Waals surface area contributed by atoms with Gasteiger partial charge in [-0.2, -0.15) is 0 Å². The van der Waals surface area contributed by atoms with Crippen molar-refractivity contribution >= 4 is 37.0 Å². The summed E-state index contributed by atoms with van der Waals surface area (Å²) in [5.74, 6) is 0. The normalized spacial score (nSPS) is 11.6. The second-order valence-electron chi connectivity index (χ2n) is 5.09. The molecule has 0 unspecified atom stereocenters. The summed E-state index contributed by atoms with van der Waals surface area (Å²) in [6.07, 6.45) is 11.4. The van der Waals surface area contributed by atoms with E-state index in [1.165, 1.54) is 38.5 Å². The van der Waals surface area contributed by atoms with Crippen LogP contribution in [0.25, 0.3) is 0 Å². The zero-order valence-electron chi connectivity index (χ0n) is 12.5. The van der Waals surface area contributed by atoms with Crippen LogP contribution in [0.4, 0.5) is 0 Å². The van der Waals surface area contributed by atoms with Crippen molar-refractivity contribution in [3.8, 4) is 0 Å². The molecule has 0 radical (unpaired) electrons. The van der Waals surface area contributed by atoms with E-state index < -0.39 is 7.82 Å². The standard InChI is InChI=1S/C13H28NO4PS2/c15-19(16,17)18-12-10-8-6-4-2-1-3-5-7-9-11-14-13(20)21/h1-12H2,(H2,14,20,21)(H2,15,16,17). The molecule has 8 heteroatoms. The fourth-order valence-corrected chi connectivity index (χ4v) is 2.60. The zero-order chi connectivity index (χ0) is 16.0. The number of phosphoric ester groups is 1. The molecule has 0 heterocycles. The van der Waals surface area contributed by atoms with Crippen molar-refractivity contribution in [3.05, 3.63) is 0 Å². The lowest BCUT2D eigenvalue weighted by molar-refractivity contribution is 0.193. The molecule has 126 valence electrons. The summed E-state index contributed by atoms with van der Waals surface area (Å²) in [5, 5.41) is 3.03. The molecule has 0 bridgehead atoms. The molecule has 0 rings (SSSR count). The number of hydrogen-bond acceptors (Lipinski definition) is 3. The quantitative estimate of drug-likeness (QED) is 0.164. The fraction of sp³-hybridized carbons (Fsp3) is 0.923. The Balaban J connectivity index is 3.06. The minimum absolute atomic E-state index is 0.147. The number of thiocarbonyl (C=S) groups is 1. The molecule has 0 fully saturated rings. The van der Waals surface area contributed by atoms with Crippen LogP contribution in [0.15, 0.2) is 0 Å². The van der Waals surface area contributed by atoms with E-state index >= 15 is 0 Å². The van der Waals surface area contributed by atoms with Gasteiger partial charge in [0.05, 0.1) is 6.61 Å². The van der Waals surface area contributed by atoms with Gasteiger partial charge in [-0.15, -0.1) is 12.6 Å². The van der Waals surface area contributed by atoms with Gasteiger partial charge in [0.1, 0.15) is 4.32 Å². The fourth-order valence-electron chi connectivity index (χ4n) is 2.02. The van der Waals surface area contributed by atoms with Crippen molar-refractivity contribution < 1.29 is 18.9 Å². The van der Waals surface area contributed by atoms with E-state index in [0.29, 0.717) is 10.7 Å². The van der Waals surface area contributed by atoms with Crippen LogP contribution in [0.2, 0.25) is 0 Å². The average Bonchev–Trinajstić information content (AvgIpc) is 2.37. The van der Waals surface area contributed by atoms with Crippen LogP contribution in [-0.2, 0) is 9.09 Å². The van der Waals surface area contributed by atoms with Crippen molar-refractivity contribution in [3.63, 3.8) is 0 Å². The summed E-state index contributed by atoms with van der Waals surface area (Å²) in [6, 6.07) is 0. The topological polar surface area (TPSA) is 78.8 Å². The van der Waals surface area contributed by atoms with Gasteiger partial charge in [0.2, 0.25) is 0 Å². The van der Waals surface area contributed by atoms with E-state index in [1.54, 1.807) is 0 Å². The molecule has 0 aromatic rings. The molecule has 0 amide bonds. The summed E-state index contributed by atoms with van der Waals surface area (Å²) in [4.78, 5) is 17.0. The summed E-state index contributed by atoms with van der Waals surface area (Å²) in [6.45, 7) is 1.06. The van der Waals surface area contributed by atoms with Crippen molar-refractivity contribution in [2.45, 2.75) is 64.2 Å². The first-order chi connectivity index (χ1) is 9.92. The summed E-state index contributed by atoms with van der Waals surface area (Å²) in [7, 11) is -4.27. The van der Waals surface area contributed by atoms with Crippen LogP contribution in [0.1, 0.15) is 64.2 Å². The molecule has 0 aliphatic rings. The van der Waals surface area contributed by atoms with E-state index in [4.69, 9.17) is 22.0 Å². The van der Waals surface area contributed by atoms with Gasteiger partial charge in [-0.05, 0) is 12.8 Å². The van der Waals surface area contributed by atoms with E-state index in [-0.39, 0.29) is 6.61 Å². The van der Waals surface area contributed by atoms with Crippen LogP contribution in [0.5, 0.6) is 0 Å². The van der Waals surface area contributed by atoms with Gasteiger partial charge in [0, 0.05) is 6.54 Å². The molecule has 3 N–H and O–H groups in total. The molecule has 0 spiro atoms. The second kappa shape index (κ2) is 14.0. The first-order valence-electron chi connectivity index (χ1n) is 7.59.